The molecule has 1 atom stereocenters. The minimum Gasteiger partial charge on any atom is -0.389 e. The van der Waals surface area contributed by atoms with Gasteiger partial charge in [0.25, 0.3) is 0 Å². The van der Waals surface area contributed by atoms with Gasteiger partial charge < -0.3 is 5.11 Å². The lowest BCUT2D eigenvalue weighted by Crippen LogP contribution is -2.09. The molecule has 0 aromatic rings. The van der Waals surface area contributed by atoms with Crippen LogP contribution in [-0.4, -0.2) is 11.2 Å². The highest BCUT2D eigenvalue weighted by atomic mass is 16.3. The van der Waals surface area contributed by atoms with Gasteiger partial charge in [-0.25, -0.2) is 0 Å². The second-order valence-electron chi connectivity index (χ2n) is 3.72. The van der Waals surface area contributed by atoms with Crippen LogP contribution in [0, 0.1) is 0 Å². The Hall–Kier alpha value is -1.08. The van der Waals surface area contributed by atoms with Crippen molar-refractivity contribution in [3.05, 3.63) is 49.1 Å². The standard InChI is InChI=1S/C14H22O/c1-5-7-9-12(3)10-11-14(15)13(4)8-6-2/h5,7,9,14-15H,1,3-4,6,8,10-11H2,2H3/b9-7-. The van der Waals surface area contributed by atoms with Crippen LogP contribution in [0.15, 0.2) is 49.1 Å². The van der Waals surface area contributed by atoms with Crippen molar-refractivity contribution in [2.45, 2.75) is 38.7 Å². The van der Waals surface area contributed by atoms with E-state index in [0.717, 1.165) is 30.4 Å². The van der Waals surface area contributed by atoms with Crippen molar-refractivity contribution < 1.29 is 5.11 Å². The Kier molecular flexibility index (Phi) is 7.65. The fourth-order valence-corrected chi connectivity index (χ4v) is 1.30. The molecule has 0 heterocycles. The molecule has 0 fully saturated rings. The molecule has 0 aromatic heterocycles. The minimum absolute atomic E-state index is 0.390. The van der Waals surface area contributed by atoms with Crippen molar-refractivity contribution in [2.24, 2.45) is 0 Å². The lowest BCUT2D eigenvalue weighted by Gasteiger charge is -2.12. The van der Waals surface area contributed by atoms with Crippen LogP contribution in [0.2, 0.25) is 0 Å². The number of hydrogen-bond acceptors (Lipinski definition) is 1. The first-order valence-corrected chi connectivity index (χ1v) is 5.44. The molecule has 0 aliphatic rings. The second-order valence-corrected chi connectivity index (χ2v) is 3.72. The van der Waals surface area contributed by atoms with E-state index in [4.69, 9.17) is 0 Å². The molecular formula is C14H22O. The topological polar surface area (TPSA) is 20.2 Å². The maximum Gasteiger partial charge on any atom is 0.0750 e. The van der Waals surface area contributed by atoms with Gasteiger partial charge >= 0.3 is 0 Å². The zero-order chi connectivity index (χ0) is 11.7. The van der Waals surface area contributed by atoms with Crippen LogP contribution in [-0.2, 0) is 0 Å². The maximum atomic E-state index is 9.74. The van der Waals surface area contributed by atoms with Crippen molar-refractivity contribution in [3.8, 4) is 0 Å². The van der Waals surface area contributed by atoms with Crippen molar-refractivity contribution in [2.75, 3.05) is 0 Å². The van der Waals surface area contributed by atoms with E-state index >= 15 is 0 Å². The molecule has 0 saturated carbocycles. The summed E-state index contributed by atoms with van der Waals surface area (Å²) >= 11 is 0. The Morgan fingerprint density at radius 2 is 2.00 bits per heavy atom. The average Bonchev–Trinajstić information content (AvgIpc) is 2.23. The van der Waals surface area contributed by atoms with Crippen molar-refractivity contribution in [1.82, 2.24) is 0 Å². The van der Waals surface area contributed by atoms with Gasteiger partial charge in [0.2, 0.25) is 0 Å². The Morgan fingerprint density at radius 3 is 2.53 bits per heavy atom. The minimum atomic E-state index is -0.390. The number of aliphatic hydroxyl groups excluding tert-OH is 1. The third-order valence-corrected chi connectivity index (χ3v) is 2.25. The van der Waals surface area contributed by atoms with Crippen LogP contribution in [0.3, 0.4) is 0 Å². The first-order chi connectivity index (χ1) is 7.11. The lowest BCUT2D eigenvalue weighted by atomic mass is 10.00. The molecule has 1 N–H and O–H groups in total. The zero-order valence-corrected chi connectivity index (χ0v) is 9.71. The summed E-state index contributed by atoms with van der Waals surface area (Å²) in [6, 6.07) is 0. The molecule has 0 spiro atoms. The van der Waals surface area contributed by atoms with Crippen molar-refractivity contribution in [1.29, 1.82) is 0 Å². The average molecular weight is 206 g/mol. The van der Waals surface area contributed by atoms with E-state index in [2.05, 4.69) is 26.7 Å². The molecule has 0 amide bonds. The highest BCUT2D eigenvalue weighted by Crippen LogP contribution is 2.15. The molecule has 15 heavy (non-hydrogen) atoms. The summed E-state index contributed by atoms with van der Waals surface area (Å²) in [6.07, 6.45) is 8.55. The van der Waals surface area contributed by atoms with Crippen LogP contribution in [0.1, 0.15) is 32.6 Å². The van der Waals surface area contributed by atoms with Gasteiger partial charge in [-0.15, -0.1) is 0 Å². The number of allylic oxidation sites excluding steroid dienone is 4. The van der Waals surface area contributed by atoms with E-state index in [9.17, 15) is 5.11 Å². The van der Waals surface area contributed by atoms with Crippen LogP contribution < -0.4 is 0 Å². The first-order valence-electron chi connectivity index (χ1n) is 5.44. The first kappa shape index (κ1) is 13.9. The van der Waals surface area contributed by atoms with E-state index in [1.54, 1.807) is 6.08 Å². The van der Waals surface area contributed by atoms with Crippen LogP contribution in [0.4, 0.5) is 0 Å². The normalized spacial score (nSPS) is 12.7. The predicted octanol–water partition coefficient (Wildman–Crippen LogP) is 3.78. The fourth-order valence-electron chi connectivity index (χ4n) is 1.30. The smallest absolute Gasteiger partial charge is 0.0750 e. The summed E-state index contributed by atoms with van der Waals surface area (Å²) in [6.45, 7) is 13.4. The van der Waals surface area contributed by atoms with E-state index in [0.29, 0.717) is 6.42 Å². The molecule has 0 saturated heterocycles. The lowest BCUT2D eigenvalue weighted by molar-refractivity contribution is 0.197. The van der Waals surface area contributed by atoms with Crippen molar-refractivity contribution in [3.63, 3.8) is 0 Å². The molecule has 84 valence electrons. The molecule has 1 unspecified atom stereocenters. The molecule has 0 aliphatic carbocycles. The second kappa shape index (κ2) is 8.25. The SMILES string of the molecule is C=C/C=C\C(=C)CCC(O)C(=C)CCC. The monoisotopic (exact) mass is 206 g/mol. The van der Waals surface area contributed by atoms with E-state index < -0.39 is 0 Å². The summed E-state index contributed by atoms with van der Waals surface area (Å²) in [4.78, 5) is 0. The summed E-state index contributed by atoms with van der Waals surface area (Å²) in [5, 5.41) is 9.74. The number of aliphatic hydroxyl groups is 1. The molecule has 0 radical (unpaired) electrons. The third-order valence-electron chi connectivity index (χ3n) is 2.25. The Balaban J connectivity index is 3.84. The quantitative estimate of drug-likeness (QED) is 0.473. The maximum absolute atomic E-state index is 9.74. The van der Waals surface area contributed by atoms with Gasteiger partial charge in [-0.1, -0.05) is 56.9 Å². The molecule has 1 heteroatoms. The molecule has 0 bridgehead atoms. The highest BCUT2D eigenvalue weighted by Gasteiger charge is 2.07. The third kappa shape index (κ3) is 6.92. The largest absolute Gasteiger partial charge is 0.389 e. The van der Waals surface area contributed by atoms with E-state index in [1.807, 2.05) is 12.2 Å². The van der Waals surface area contributed by atoms with Crippen LogP contribution >= 0.6 is 0 Å². The van der Waals surface area contributed by atoms with Gasteiger partial charge in [0.15, 0.2) is 0 Å². The Morgan fingerprint density at radius 1 is 1.33 bits per heavy atom. The zero-order valence-electron chi connectivity index (χ0n) is 9.71. The van der Waals surface area contributed by atoms with Gasteiger partial charge in [0, 0.05) is 0 Å². The van der Waals surface area contributed by atoms with Gasteiger partial charge in [-0.05, 0) is 24.8 Å². The van der Waals surface area contributed by atoms with Gasteiger partial charge in [0.1, 0.15) is 0 Å². The van der Waals surface area contributed by atoms with Crippen LogP contribution in [0.25, 0.3) is 0 Å². The van der Waals surface area contributed by atoms with E-state index in [-0.39, 0.29) is 6.10 Å². The number of rotatable bonds is 8. The summed E-state index contributed by atoms with van der Waals surface area (Å²) < 4.78 is 0. The summed E-state index contributed by atoms with van der Waals surface area (Å²) in [7, 11) is 0. The molecule has 0 rings (SSSR count). The Labute approximate surface area is 93.5 Å². The van der Waals surface area contributed by atoms with E-state index in [1.165, 1.54) is 0 Å². The van der Waals surface area contributed by atoms with Gasteiger partial charge in [0.05, 0.1) is 6.10 Å². The summed E-state index contributed by atoms with van der Waals surface area (Å²) in [5.74, 6) is 0. The molecular weight excluding hydrogens is 184 g/mol. The highest BCUT2D eigenvalue weighted by molar-refractivity contribution is 5.18. The molecule has 1 nitrogen and oxygen atoms in total. The molecule has 0 aliphatic heterocycles. The van der Waals surface area contributed by atoms with Gasteiger partial charge in [-0.3, -0.25) is 0 Å². The summed E-state index contributed by atoms with van der Waals surface area (Å²) in [5.41, 5.74) is 1.94. The number of hydrogen-bond donors (Lipinski definition) is 1. The van der Waals surface area contributed by atoms with Gasteiger partial charge in [-0.2, -0.15) is 0 Å². The molecule has 0 aromatic carbocycles. The Bertz CT molecular complexity index is 248. The van der Waals surface area contributed by atoms with Crippen molar-refractivity contribution >= 4 is 0 Å². The fraction of sp³-hybridized carbons (Fsp3) is 0.429. The predicted molar refractivity (Wildman–Crippen MR) is 67.8 cm³/mol. The van der Waals surface area contributed by atoms with Crippen LogP contribution in [0.5, 0.6) is 0 Å².